The lowest BCUT2D eigenvalue weighted by molar-refractivity contribution is -0.115. The van der Waals surface area contributed by atoms with Crippen LogP contribution in [0, 0.1) is 0 Å². The number of benzene rings is 1. The number of esters is 1. The van der Waals surface area contributed by atoms with Crippen LogP contribution < -0.4 is 0 Å². The normalized spacial score (nSPS) is 22.3. The number of allylic oxidation sites excluding steroid dienone is 1. The van der Waals surface area contributed by atoms with Crippen molar-refractivity contribution in [3.63, 3.8) is 0 Å². The molecule has 98 valence electrons. The third-order valence-corrected chi connectivity index (χ3v) is 3.90. The predicted molar refractivity (Wildman–Crippen MR) is 70.8 cm³/mol. The largest absolute Gasteiger partial charge is 0.458 e. The van der Waals surface area contributed by atoms with E-state index >= 15 is 0 Å². The second kappa shape index (κ2) is 5.00. The van der Waals surface area contributed by atoms with Crippen LogP contribution in [-0.2, 0) is 9.53 Å². The molecule has 0 amide bonds. The number of ketones is 1. The molecule has 0 fully saturated rings. The Balaban J connectivity index is 1.66. The molecule has 3 nitrogen and oxygen atoms in total. The number of hydrogen-bond acceptors (Lipinski definition) is 3. The van der Waals surface area contributed by atoms with Gasteiger partial charge in [-0.25, -0.2) is 4.79 Å². The lowest BCUT2D eigenvalue weighted by atomic mass is 9.91. The van der Waals surface area contributed by atoms with Crippen LogP contribution in [0.25, 0.3) is 0 Å². The molecule has 0 aromatic heterocycles. The topological polar surface area (TPSA) is 43.4 Å². The molecule has 3 rings (SSSR count). The van der Waals surface area contributed by atoms with E-state index in [-0.39, 0.29) is 17.9 Å². The molecular weight excluding hydrogens is 240 g/mol. The van der Waals surface area contributed by atoms with Crippen LogP contribution in [0.4, 0.5) is 0 Å². The Morgan fingerprint density at radius 3 is 2.68 bits per heavy atom. The summed E-state index contributed by atoms with van der Waals surface area (Å²) in [5.74, 6) is -0.0458. The number of Topliss-reactive ketones (excluding diaryl/α,β-unsaturated/α-hetero) is 1. The maximum atomic E-state index is 12.0. The van der Waals surface area contributed by atoms with Gasteiger partial charge in [-0.2, -0.15) is 0 Å². The average Bonchev–Trinajstić information content (AvgIpc) is 2.81. The summed E-state index contributed by atoms with van der Waals surface area (Å²) in [6, 6.07) is 9.00. The third-order valence-electron chi connectivity index (χ3n) is 3.90. The molecule has 19 heavy (non-hydrogen) atoms. The van der Waals surface area contributed by atoms with E-state index in [0.717, 1.165) is 24.8 Å². The highest BCUT2D eigenvalue weighted by Gasteiger charge is 2.31. The molecule has 2 aliphatic carbocycles. The van der Waals surface area contributed by atoms with Crippen molar-refractivity contribution in [1.82, 2.24) is 0 Å². The standard InChI is InChI=1S/C16H16O3/c17-15-9-7-11-6-8-13(10-14(11)15)19-16(18)12-4-2-1-3-5-12/h1-5,13H,6-10H2. The lowest BCUT2D eigenvalue weighted by Gasteiger charge is -2.23. The Kier molecular flexibility index (Phi) is 3.20. The van der Waals surface area contributed by atoms with Gasteiger partial charge in [-0.05, 0) is 37.0 Å². The summed E-state index contributed by atoms with van der Waals surface area (Å²) in [5, 5.41) is 0. The number of carbonyl (C=O) groups is 2. The van der Waals surface area contributed by atoms with Crippen LogP contribution in [0.2, 0.25) is 0 Å². The van der Waals surface area contributed by atoms with Gasteiger partial charge in [0.1, 0.15) is 6.10 Å². The number of carbonyl (C=O) groups excluding carboxylic acids is 2. The van der Waals surface area contributed by atoms with E-state index < -0.39 is 0 Å². The molecule has 0 saturated heterocycles. The van der Waals surface area contributed by atoms with Gasteiger partial charge >= 0.3 is 5.97 Å². The molecule has 0 N–H and O–H groups in total. The van der Waals surface area contributed by atoms with Gasteiger partial charge in [0, 0.05) is 12.8 Å². The minimum absolute atomic E-state index is 0.145. The van der Waals surface area contributed by atoms with Crippen LogP contribution in [0.1, 0.15) is 42.5 Å². The fourth-order valence-electron chi connectivity index (χ4n) is 2.86. The molecule has 2 aliphatic rings. The van der Waals surface area contributed by atoms with Gasteiger partial charge in [0.05, 0.1) is 5.56 Å². The molecule has 1 aromatic carbocycles. The summed E-state index contributed by atoms with van der Waals surface area (Å²) in [6.45, 7) is 0. The molecule has 0 heterocycles. The molecule has 1 unspecified atom stereocenters. The van der Waals surface area contributed by atoms with Crippen molar-refractivity contribution in [2.24, 2.45) is 0 Å². The van der Waals surface area contributed by atoms with Gasteiger partial charge in [-0.3, -0.25) is 4.79 Å². The van der Waals surface area contributed by atoms with Crippen molar-refractivity contribution in [2.45, 2.75) is 38.2 Å². The molecule has 0 spiro atoms. The summed E-state index contributed by atoms with van der Waals surface area (Å²) in [7, 11) is 0. The second-order valence-corrected chi connectivity index (χ2v) is 5.14. The van der Waals surface area contributed by atoms with E-state index in [1.54, 1.807) is 12.1 Å². The fraction of sp³-hybridized carbons (Fsp3) is 0.375. The van der Waals surface area contributed by atoms with Gasteiger partial charge in [-0.1, -0.05) is 23.8 Å². The van der Waals surface area contributed by atoms with Crippen LogP contribution in [0.3, 0.4) is 0 Å². The second-order valence-electron chi connectivity index (χ2n) is 5.14. The van der Waals surface area contributed by atoms with E-state index in [0.29, 0.717) is 18.4 Å². The van der Waals surface area contributed by atoms with Crippen molar-refractivity contribution in [1.29, 1.82) is 0 Å². The zero-order valence-corrected chi connectivity index (χ0v) is 10.7. The highest BCUT2D eigenvalue weighted by Crippen LogP contribution is 2.36. The first-order valence-corrected chi connectivity index (χ1v) is 6.74. The Hall–Kier alpha value is -1.90. The van der Waals surface area contributed by atoms with E-state index in [2.05, 4.69) is 0 Å². The Bertz CT molecular complexity index is 542. The van der Waals surface area contributed by atoms with Crippen molar-refractivity contribution >= 4 is 11.8 Å². The van der Waals surface area contributed by atoms with E-state index in [9.17, 15) is 9.59 Å². The van der Waals surface area contributed by atoms with Gasteiger partial charge in [0.2, 0.25) is 0 Å². The van der Waals surface area contributed by atoms with Gasteiger partial charge in [-0.15, -0.1) is 0 Å². The van der Waals surface area contributed by atoms with Crippen molar-refractivity contribution < 1.29 is 14.3 Å². The average molecular weight is 256 g/mol. The van der Waals surface area contributed by atoms with Crippen LogP contribution >= 0.6 is 0 Å². The highest BCUT2D eigenvalue weighted by molar-refractivity contribution is 5.99. The first kappa shape index (κ1) is 12.2. The van der Waals surface area contributed by atoms with Crippen molar-refractivity contribution in [3.8, 4) is 0 Å². The van der Waals surface area contributed by atoms with E-state index in [4.69, 9.17) is 4.74 Å². The molecule has 0 radical (unpaired) electrons. The van der Waals surface area contributed by atoms with Gasteiger partial charge in [0.15, 0.2) is 5.78 Å². The van der Waals surface area contributed by atoms with Crippen LogP contribution in [0.5, 0.6) is 0 Å². The monoisotopic (exact) mass is 256 g/mol. The van der Waals surface area contributed by atoms with Crippen molar-refractivity contribution in [3.05, 3.63) is 47.0 Å². The number of hydrogen-bond donors (Lipinski definition) is 0. The molecule has 3 heteroatoms. The first-order valence-electron chi connectivity index (χ1n) is 6.74. The fourth-order valence-corrected chi connectivity index (χ4v) is 2.86. The third kappa shape index (κ3) is 2.46. The minimum atomic E-state index is -0.292. The number of rotatable bonds is 2. The molecular formula is C16H16O3. The van der Waals surface area contributed by atoms with Gasteiger partial charge < -0.3 is 4.74 Å². The predicted octanol–water partition coefficient (Wildman–Crippen LogP) is 3.06. The van der Waals surface area contributed by atoms with Crippen LogP contribution in [-0.4, -0.2) is 17.9 Å². The Labute approximate surface area is 112 Å². The quantitative estimate of drug-likeness (QED) is 0.764. The van der Waals surface area contributed by atoms with Gasteiger partial charge in [0.25, 0.3) is 0 Å². The zero-order chi connectivity index (χ0) is 13.2. The molecule has 1 atom stereocenters. The summed E-state index contributed by atoms with van der Waals surface area (Å²) < 4.78 is 5.51. The van der Waals surface area contributed by atoms with Crippen molar-refractivity contribution in [2.75, 3.05) is 0 Å². The zero-order valence-electron chi connectivity index (χ0n) is 10.7. The molecule has 0 aliphatic heterocycles. The smallest absolute Gasteiger partial charge is 0.338 e. The Morgan fingerprint density at radius 1 is 1.11 bits per heavy atom. The highest BCUT2D eigenvalue weighted by atomic mass is 16.5. The maximum Gasteiger partial charge on any atom is 0.338 e. The summed E-state index contributed by atoms with van der Waals surface area (Å²) in [4.78, 5) is 23.7. The first-order chi connectivity index (χ1) is 9.24. The summed E-state index contributed by atoms with van der Waals surface area (Å²) >= 11 is 0. The minimum Gasteiger partial charge on any atom is -0.458 e. The SMILES string of the molecule is O=C1CCC2=C1CC(OC(=O)c1ccccc1)CC2. The lowest BCUT2D eigenvalue weighted by Crippen LogP contribution is -2.23. The molecule has 0 bridgehead atoms. The maximum absolute atomic E-state index is 12.0. The summed E-state index contributed by atoms with van der Waals surface area (Å²) in [5.41, 5.74) is 2.79. The molecule has 0 saturated carbocycles. The molecule has 1 aromatic rings. The van der Waals surface area contributed by atoms with E-state index in [1.165, 1.54) is 5.57 Å². The van der Waals surface area contributed by atoms with E-state index in [1.807, 2.05) is 18.2 Å². The Morgan fingerprint density at radius 2 is 1.89 bits per heavy atom. The number of ether oxygens (including phenoxy) is 1. The van der Waals surface area contributed by atoms with Crippen LogP contribution in [0.15, 0.2) is 41.5 Å². The summed E-state index contributed by atoms with van der Waals surface area (Å²) in [6.07, 6.45) is 3.75.